The topological polar surface area (TPSA) is 89.6 Å². The van der Waals surface area contributed by atoms with Crippen LogP contribution in [0, 0.1) is 5.82 Å². The first-order valence-electron chi connectivity index (χ1n) is 8.34. The lowest BCUT2D eigenvalue weighted by Gasteiger charge is -2.10. The number of nitrogens with two attached hydrogens (primary N) is 1. The fourth-order valence-corrected chi connectivity index (χ4v) is 2.72. The Morgan fingerprint density at radius 3 is 2.43 bits per heavy atom. The summed E-state index contributed by atoms with van der Waals surface area (Å²) in [5.41, 5.74) is 2.92. The first kappa shape index (κ1) is 21.3. The molecule has 30 heavy (non-hydrogen) atoms. The van der Waals surface area contributed by atoms with E-state index in [0.29, 0.717) is 6.07 Å². The Morgan fingerprint density at radius 1 is 1.17 bits per heavy atom. The summed E-state index contributed by atoms with van der Waals surface area (Å²) >= 11 is 0. The zero-order valence-electron chi connectivity index (χ0n) is 15.0. The molecule has 3 rings (SSSR count). The number of hydrogen-bond acceptors (Lipinski definition) is 4. The number of alkyl halides is 3. The summed E-state index contributed by atoms with van der Waals surface area (Å²) in [6, 6.07) is 5.24. The van der Waals surface area contributed by atoms with Gasteiger partial charge in [-0.2, -0.15) is 27.1 Å². The third kappa shape index (κ3) is 4.27. The van der Waals surface area contributed by atoms with Crippen LogP contribution in [0.2, 0.25) is 0 Å². The van der Waals surface area contributed by atoms with Crippen LogP contribution in [0.4, 0.5) is 26.3 Å². The fourth-order valence-electron chi connectivity index (χ4n) is 2.72. The van der Waals surface area contributed by atoms with Crippen LogP contribution < -0.4 is 11.4 Å². The molecule has 158 valence electrons. The molecule has 2 aromatic heterocycles. The first-order valence-corrected chi connectivity index (χ1v) is 8.34. The Bertz CT molecular complexity index is 1140. The third-order valence-corrected chi connectivity index (χ3v) is 4.20. The largest absolute Gasteiger partial charge is 0.433 e. The Hall–Kier alpha value is -3.41. The number of hydrogen-bond donors (Lipinski definition) is 2. The molecule has 0 atom stereocenters. The van der Waals surface area contributed by atoms with Crippen molar-refractivity contribution in [3.63, 3.8) is 0 Å². The number of pyridine rings is 1. The van der Waals surface area contributed by atoms with Crippen LogP contribution in [-0.2, 0) is 12.6 Å². The summed E-state index contributed by atoms with van der Waals surface area (Å²) in [4.78, 5) is 15.3. The molecular weight excluding hydrogens is 416 g/mol. The lowest BCUT2D eigenvalue weighted by atomic mass is 10.1. The zero-order valence-corrected chi connectivity index (χ0v) is 15.0. The van der Waals surface area contributed by atoms with Crippen molar-refractivity contribution < 1.29 is 26.3 Å². The number of aromatic nitrogens is 4. The average Bonchev–Trinajstić information content (AvgIpc) is 3.05. The third-order valence-electron chi connectivity index (χ3n) is 4.20. The molecule has 0 aliphatic carbocycles. The van der Waals surface area contributed by atoms with Crippen molar-refractivity contribution in [3.05, 3.63) is 76.0 Å². The molecule has 0 aliphatic heterocycles. The summed E-state index contributed by atoms with van der Waals surface area (Å²) in [6.45, 7) is -0.461. The van der Waals surface area contributed by atoms with Crippen LogP contribution in [0.1, 0.15) is 11.5 Å². The van der Waals surface area contributed by atoms with E-state index in [0.717, 1.165) is 22.9 Å². The summed E-state index contributed by atoms with van der Waals surface area (Å²) in [5, 5.41) is 5.77. The van der Waals surface area contributed by atoms with Gasteiger partial charge in [0, 0.05) is 35.9 Å². The Morgan fingerprint density at radius 2 is 1.90 bits per heavy atom. The van der Waals surface area contributed by atoms with Crippen molar-refractivity contribution in [1.82, 2.24) is 19.7 Å². The van der Waals surface area contributed by atoms with Gasteiger partial charge in [-0.3, -0.25) is 4.98 Å². The van der Waals surface area contributed by atoms with Crippen LogP contribution in [0.3, 0.4) is 0 Å². The molecule has 0 saturated carbocycles. The van der Waals surface area contributed by atoms with E-state index in [2.05, 4.69) is 15.2 Å². The van der Waals surface area contributed by atoms with E-state index in [1.807, 2.05) is 0 Å². The number of rotatable bonds is 5. The van der Waals surface area contributed by atoms with E-state index in [4.69, 9.17) is 5.73 Å². The molecule has 0 aliphatic rings. The molecule has 6 nitrogen and oxygen atoms in total. The maximum Gasteiger partial charge on any atom is 0.433 e. The molecule has 0 fully saturated rings. The van der Waals surface area contributed by atoms with Crippen LogP contribution in [0.5, 0.6) is 0 Å². The minimum atomic E-state index is -4.63. The van der Waals surface area contributed by atoms with Gasteiger partial charge >= 0.3 is 11.9 Å². The normalized spacial score (nSPS) is 11.6. The highest BCUT2D eigenvalue weighted by molar-refractivity contribution is 5.65. The summed E-state index contributed by atoms with van der Waals surface area (Å²) in [6.07, 6.45) is -6.20. The number of aromatic amines is 1. The van der Waals surface area contributed by atoms with Gasteiger partial charge in [0.05, 0.1) is 5.69 Å². The second-order valence-corrected chi connectivity index (χ2v) is 6.12. The molecule has 3 N–H and O–H groups in total. The lowest BCUT2D eigenvalue weighted by Crippen LogP contribution is -2.18. The summed E-state index contributed by atoms with van der Waals surface area (Å²) in [7, 11) is 0. The minimum Gasteiger partial charge on any atom is -0.327 e. The Balaban J connectivity index is 1.98. The van der Waals surface area contributed by atoms with Gasteiger partial charge < -0.3 is 5.73 Å². The van der Waals surface area contributed by atoms with E-state index >= 15 is 0 Å². The molecule has 0 saturated heterocycles. The van der Waals surface area contributed by atoms with Crippen LogP contribution in [-0.4, -0.2) is 26.3 Å². The van der Waals surface area contributed by atoms with Crippen molar-refractivity contribution >= 4 is 0 Å². The van der Waals surface area contributed by atoms with Gasteiger partial charge in [0.25, 0.3) is 6.08 Å². The molecule has 0 radical (unpaired) electrons. The molecule has 0 spiro atoms. The Labute approximate surface area is 164 Å². The van der Waals surface area contributed by atoms with Gasteiger partial charge in [-0.05, 0) is 24.3 Å². The SMILES string of the molecule is NCC(Cc1n[nH]c(=O)n1-c1ccc(-c2ccc(C(F)(F)F)nc2)c(F)c1)=C(F)F. The van der Waals surface area contributed by atoms with Crippen molar-refractivity contribution in [2.24, 2.45) is 5.73 Å². The first-order chi connectivity index (χ1) is 14.1. The smallest absolute Gasteiger partial charge is 0.327 e. The van der Waals surface area contributed by atoms with Crippen LogP contribution >= 0.6 is 0 Å². The monoisotopic (exact) mass is 429 g/mol. The number of halogens is 6. The second kappa shape index (κ2) is 8.14. The predicted octanol–water partition coefficient (Wildman–Crippen LogP) is 3.43. The highest BCUT2D eigenvalue weighted by Gasteiger charge is 2.32. The van der Waals surface area contributed by atoms with Crippen molar-refractivity contribution in [3.8, 4) is 16.8 Å². The van der Waals surface area contributed by atoms with E-state index < -0.39 is 48.0 Å². The molecule has 0 bridgehead atoms. The van der Waals surface area contributed by atoms with Gasteiger partial charge in [0.2, 0.25) is 0 Å². The maximum absolute atomic E-state index is 14.6. The van der Waals surface area contributed by atoms with Gasteiger partial charge in [-0.1, -0.05) is 6.07 Å². The summed E-state index contributed by atoms with van der Waals surface area (Å²) < 4.78 is 79.1. The van der Waals surface area contributed by atoms with Crippen LogP contribution in [0.25, 0.3) is 16.8 Å². The van der Waals surface area contributed by atoms with Gasteiger partial charge in [0.1, 0.15) is 17.3 Å². The fraction of sp³-hybridized carbons (Fsp3) is 0.167. The zero-order chi connectivity index (χ0) is 22.1. The quantitative estimate of drug-likeness (QED) is 0.609. The standard InChI is InChI=1S/C18H13F6N5O/c19-13-6-11(29-15(27-28-17(29)30)5-10(7-25)16(20)21)2-3-12(13)9-1-4-14(26-8-9)18(22,23)24/h1-4,6,8H,5,7,25H2,(H,28,30). The van der Waals surface area contributed by atoms with Crippen molar-refractivity contribution in [2.45, 2.75) is 12.6 Å². The highest BCUT2D eigenvalue weighted by Crippen LogP contribution is 2.30. The van der Waals surface area contributed by atoms with Crippen LogP contribution in [0.15, 0.2) is 53.0 Å². The highest BCUT2D eigenvalue weighted by atomic mass is 19.4. The van der Waals surface area contributed by atoms with Crippen molar-refractivity contribution in [2.75, 3.05) is 6.54 Å². The van der Waals surface area contributed by atoms with Crippen molar-refractivity contribution in [1.29, 1.82) is 0 Å². The molecular formula is C18H13F6N5O. The molecule has 0 unspecified atom stereocenters. The van der Waals surface area contributed by atoms with E-state index in [-0.39, 0.29) is 22.6 Å². The van der Waals surface area contributed by atoms with Gasteiger partial charge in [0.15, 0.2) is 0 Å². The molecule has 0 amide bonds. The van der Waals surface area contributed by atoms with E-state index in [9.17, 15) is 31.1 Å². The molecule has 12 heteroatoms. The van der Waals surface area contributed by atoms with Gasteiger partial charge in [-0.25, -0.2) is 18.9 Å². The average molecular weight is 429 g/mol. The molecule has 2 heterocycles. The molecule has 3 aromatic rings. The summed E-state index contributed by atoms with van der Waals surface area (Å²) in [5.74, 6) is -0.976. The molecule has 1 aromatic carbocycles. The number of benzene rings is 1. The second-order valence-electron chi connectivity index (χ2n) is 6.12. The Kier molecular flexibility index (Phi) is 5.78. The number of nitrogens with zero attached hydrogens (tertiary/aromatic N) is 3. The number of nitrogens with one attached hydrogen (secondary N) is 1. The van der Waals surface area contributed by atoms with Gasteiger partial charge in [-0.15, -0.1) is 0 Å². The maximum atomic E-state index is 14.6. The lowest BCUT2D eigenvalue weighted by molar-refractivity contribution is -0.141. The van der Waals surface area contributed by atoms with E-state index in [1.54, 1.807) is 0 Å². The minimum absolute atomic E-state index is 0.0134. The van der Waals surface area contributed by atoms with E-state index in [1.165, 1.54) is 12.1 Å². The number of H-pyrrole nitrogens is 1. The predicted molar refractivity (Wildman–Crippen MR) is 94.4 cm³/mol.